The molecule has 9 heteroatoms. The summed E-state index contributed by atoms with van der Waals surface area (Å²) in [6.07, 6.45) is 1.59. The highest BCUT2D eigenvalue weighted by Gasteiger charge is 2.28. The molecule has 1 aliphatic heterocycles. The number of sulfonamides is 1. The monoisotopic (exact) mass is 426 g/mol. The Bertz CT molecular complexity index is 875. The SMILES string of the molecule is O=c1cccnn1CCN1CCN(S(=O)(=O)c2ccc(Br)cc2)CC1. The van der Waals surface area contributed by atoms with Crippen LogP contribution in [0.4, 0.5) is 0 Å². The molecule has 0 unspecified atom stereocenters. The van der Waals surface area contributed by atoms with E-state index in [2.05, 4.69) is 25.9 Å². The maximum absolute atomic E-state index is 12.7. The Morgan fingerprint density at radius 3 is 2.32 bits per heavy atom. The molecule has 3 rings (SSSR count). The van der Waals surface area contributed by atoms with E-state index < -0.39 is 10.0 Å². The zero-order chi connectivity index (χ0) is 17.9. The molecule has 0 spiro atoms. The summed E-state index contributed by atoms with van der Waals surface area (Å²) in [6.45, 7) is 3.32. The first-order valence-electron chi connectivity index (χ1n) is 7.97. The molecule has 0 bridgehead atoms. The van der Waals surface area contributed by atoms with E-state index in [-0.39, 0.29) is 5.56 Å². The fraction of sp³-hybridized carbons (Fsp3) is 0.375. The largest absolute Gasteiger partial charge is 0.299 e. The van der Waals surface area contributed by atoms with Crippen molar-refractivity contribution in [2.45, 2.75) is 11.4 Å². The summed E-state index contributed by atoms with van der Waals surface area (Å²) in [5.74, 6) is 0. The Balaban J connectivity index is 1.57. The van der Waals surface area contributed by atoms with Crippen molar-refractivity contribution in [1.29, 1.82) is 0 Å². The molecule has 2 heterocycles. The van der Waals surface area contributed by atoms with Crippen LogP contribution in [0.15, 0.2) is 56.8 Å². The summed E-state index contributed by atoms with van der Waals surface area (Å²) in [7, 11) is -3.46. The summed E-state index contributed by atoms with van der Waals surface area (Å²) in [5, 5.41) is 4.03. The molecule has 0 N–H and O–H groups in total. The van der Waals surface area contributed by atoms with Crippen LogP contribution in [0, 0.1) is 0 Å². The van der Waals surface area contributed by atoms with Crippen molar-refractivity contribution >= 4 is 26.0 Å². The van der Waals surface area contributed by atoms with Gasteiger partial charge in [-0.2, -0.15) is 9.40 Å². The van der Waals surface area contributed by atoms with Gasteiger partial charge in [-0.1, -0.05) is 15.9 Å². The predicted molar refractivity (Wildman–Crippen MR) is 97.8 cm³/mol. The van der Waals surface area contributed by atoms with E-state index in [1.165, 1.54) is 15.1 Å². The summed E-state index contributed by atoms with van der Waals surface area (Å²) < 4.78 is 29.1. The number of piperazine rings is 1. The minimum absolute atomic E-state index is 0.126. The van der Waals surface area contributed by atoms with Crippen LogP contribution in [0.5, 0.6) is 0 Å². The Morgan fingerprint density at radius 2 is 1.68 bits per heavy atom. The number of aromatic nitrogens is 2. The minimum Gasteiger partial charge on any atom is -0.299 e. The predicted octanol–water partition coefficient (Wildman–Crippen LogP) is 1.01. The van der Waals surface area contributed by atoms with Crippen molar-refractivity contribution < 1.29 is 8.42 Å². The first-order valence-corrected chi connectivity index (χ1v) is 10.2. The van der Waals surface area contributed by atoms with E-state index in [9.17, 15) is 13.2 Å². The quantitative estimate of drug-likeness (QED) is 0.712. The van der Waals surface area contributed by atoms with Crippen LogP contribution in [0.25, 0.3) is 0 Å². The number of benzene rings is 1. The van der Waals surface area contributed by atoms with E-state index in [1.54, 1.807) is 36.5 Å². The summed E-state index contributed by atoms with van der Waals surface area (Å²) >= 11 is 3.31. The minimum atomic E-state index is -3.46. The molecule has 1 fully saturated rings. The van der Waals surface area contributed by atoms with E-state index >= 15 is 0 Å². The lowest BCUT2D eigenvalue weighted by atomic mass is 10.3. The van der Waals surface area contributed by atoms with Crippen molar-refractivity contribution in [3.05, 3.63) is 57.4 Å². The maximum Gasteiger partial charge on any atom is 0.266 e. The number of hydrogen-bond acceptors (Lipinski definition) is 5. The topological polar surface area (TPSA) is 75.5 Å². The van der Waals surface area contributed by atoms with Gasteiger partial charge in [-0.15, -0.1) is 0 Å². The average molecular weight is 427 g/mol. The van der Waals surface area contributed by atoms with E-state index in [0.29, 0.717) is 44.2 Å². The number of rotatable bonds is 5. The molecule has 1 aliphatic rings. The summed E-state index contributed by atoms with van der Waals surface area (Å²) in [4.78, 5) is 14.1. The molecule has 0 atom stereocenters. The summed E-state index contributed by atoms with van der Waals surface area (Å²) in [6, 6.07) is 9.78. The van der Waals surface area contributed by atoms with Crippen LogP contribution >= 0.6 is 15.9 Å². The highest BCUT2D eigenvalue weighted by molar-refractivity contribution is 9.10. The maximum atomic E-state index is 12.7. The van der Waals surface area contributed by atoms with Crippen LogP contribution < -0.4 is 5.56 Å². The van der Waals surface area contributed by atoms with Gasteiger partial charge in [-0.05, 0) is 30.3 Å². The van der Waals surface area contributed by atoms with Crippen molar-refractivity contribution in [3.63, 3.8) is 0 Å². The second kappa shape index (κ2) is 7.77. The second-order valence-electron chi connectivity index (χ2n) is 5.78. The van der Waals surface area contributed by atoms with Crippen molar-refractivity contribution in [3.8, 4) is 0 Å². The third-order valence-electron chi connectivity index (χ3n) is 4.20. The zero-order valence-electron chi connectivity index (χ0n) is 13.6. The molecule has 0 aliphatic carbocycles. The Morgan fingerprint density at radius 1 is 1.00 bits per heavy atom. The third-order valence-corrected chi connectivity index (χ3v) is 6.64. The first-order chi connectivity index (χ1) is 12.0. The number of hydrogen-bond donors (Lipinski definition) is 0. The van der Waals surface area contributed by atoms with Gasteiger partial charge in [0.15, 0.2) is 0 Å². The van der Waals surface area contributed by atoms with Crippen molar-refractivity contribution in [1.82, 2.24) is 19.0 Å². The lowest BCUT2D eigenvalue weighted by Gasteiger charge is -2.33. The van der Waals surface area contributed by atoms with Gasteiger partial charge >= 0.3 is 0 Å². The molecule has 7 nitrogen and oxygen atoms in total. The molecular formula is C16H19BrN4O3S. The molecule has 0 radical (unpaired) electrons. The van der Waals surface area contributed by atoms with Crippen molar-refractivity contribution in [2.75, 3.05) is 32.7 Å². The van der Waals surface area contributed by atoms with E-state index in [1.807, 2.05) is 0 Å². The highest BCUT2D eigenvalue weighted by Crippen LogP contribution is 2.20. The fourth-order valence-electron chi connectivity index (χ4n) is 2.74. The van der Waals surface area contributed by atoms with Gasteiger partial charge in [-0.25, -0.2) is 13.1 Å². The molecule has 1 aromatic heterocycles. The van der Waals surface area contributed by atoms with Crippen LogP contribution in [-0.2, 0) is 16.6 Å². The van der Waals surface area contributed by atoms with Crippen LogP contribution in [-0.4, -0.2) is 60.1 Å². The molecule has 0 saturated carbocycles. The van der Waals surface area contributed by atoms with Gasteiger partial charge < -0.3 is 0 Å². The standard InChI is InChI=1S/C16H19BrN4O3S/c17-14-3-5-15(6-4-14)25(23,24)20-11-8-19(9-12-20)10-13-21-16(22)2-1-7-18-21/h1-7H,8-13H2. The Hall–Kier alpha value is -1.55. The van der Waals surface area contributed by atoms with Gasteiger partial charge in [0.05, 0.1) is 11.4 Å². The lowest BCUT2D eigenvalue weighted by Crippen LogP contribution is -2.49. The lowest BCUT2D eigenvalue weighted by molar-refractivity contribution is 0.180. The third kappa shape index (κ3) is 4.35. The molecule has 25 heavy (non-hydrogen) atoms. The van der Waals surface area contributed by atoms with E-state index in [0.717, 1.165) is 4.47 Å². The average Bonchev–Trinajstić information content (AvgIpc) is 2.62. The number of halogens is 1. The Kier molecular flexibility index (Phi) is 5.67. The molecule has 0 amide bonds. The Labute approximate surface area is 155 Å². The molecule has 2 aromatic rings. The van der Waals surface area contributed by atoms with Crippen LogP contribution in [0.3, 0.4) is 0 Å². The zero-order valence-corrected chi connectivity index (χ0v) is 16.0. The molecule has 1 saturated heterocycles. The van der Waals surface area contributed by atoms with Gasteiger partial charge in [-0.3, -0.25) is 9.69 Å². The van der Waals surface area contributed by atoms with Crippen molar-refractivity contribution in [2.24, 2.45) is 0 Å². The first kappa shape index (κ1) is 18.2. The van der Waals surface area contributed by atoms with Gasteiger partial charge in [0.2, 0.25) is 10.0 Å². The molecule has 1 aromatic carbocycles. The second-order valence-corrected chi connectivity index (χ2v) is 8.64. The molecule has 134 valence electrons. The van der Waals surface area contributed by atoms with Gasteiger partial charge in [0.1, 0.15) is 0 Å². The summed E-state index contributed by atoms with van der Waals surface area (Å²) in [5.41, 5.74) is -0.126. The molecular weight excluding hydrogens is 408 g/mol. The van der Waals surface area contributed by atoms with Gasteiger partial charge in [0, 0.05) is 49.5 Å². The highest BCUT2D eigenvalue weighted by atomic mass is 79.9. The van der Waals surface area contributed by atoms with Gasteiger partial charge in [0.25, 0.3) is 5.56 Å². The fourth-order valence-corrected chi connectivity index (χ4v) is 4.43. The van der Waals surface area contributed by atoms with Crippen LogP contribution in [0.1, 0.15) is 0 Å². The smallest absolute Gasteiger partial charge is 0.266 e. The normalized spacial score (nSPS) is 16.8. The van der Waals surface area contributed by atoms with E-state index in [4.69, 9.17) is 0 Å². The van der Waals surface area contributed by atoms with Crippen LogP contribution in [0.2, 0.25) is 0 Å². The number of nitrogens with zero attached hydrogens (tertiary/aromatic N) is 4.